The zero-order chi connectivity index (χ0) is 18.5. The van der Waals surface area contributed by atoms with Crippen molar-refractivity contribution in [3.05, 3.63) is 60.8 Å². The molecule has 0 amide bonds. The van der Waals surface area contributed by atoms with Crippen LogP contribution in [-0.2, 0) is 0 Å². The van der Waals surface area contributed by atoms with Crippen molar-refractivity contribution in [2.45, 2.75) is 12.8 Å². The van der Waals surface area contributed by atoms with Crippen LogP contribution in [0.1, 0.15) is 12.8 Å². The van der Waals surface area contributed by atoms with Crippen LogP contribution in [-0.4, -0.2) is 30.2 Å². The number of hydrogen-bond donors (Lipinski definition) is 2. The lowest BCUT2D eigenvalue weighted by molar-refractivity contribution is 0.417. The van der Waals surface area contributed by atoms with Crippen molar-refractivity contribution in [3.63, 3.8) is 0 Å². The van der Waals surface area contributed by atoms with E-state index < -0.39 is 0 Å². The number of anilines is 5. The van der Waals surface area contributed by atoms with Crippen LogP contribution in [0.25, 0.3) is 0 Å². The van der Waals surface area contributed by atoms with Gasteiger partial charge in [-0.25, -0.2) is 4.98 Å². The van der Waals surface area contributed by atoms with E-state index in [1.165, 1.54) is 18.5 Å². The van der Waals surface area contributed by atoms with E-state index in [0.717, 1.165) is 36.0 Å². The molecule has 0 atom stereocenters. The fourth-order valence-corrected chi connectivity index (χ4v) is 3.24. The number of nitrogens with zero attached hydrogens (tertiary/aromatic N) is 3. The summed E-state index contributed by atoms with van der Waals surface area (Å²) in [6.07, 6.45) is 4.29. The molecule has 0 unspecified atom stereocenters. The largest absolute Gasteiger partial charge is 0.495 e. The Labute approximate surface area is 159 Å². The summed E-state index contributed by atoms with van der Waals surface area (Å²) in [5, 5.41) is 6.54. The molecule has 27 heavy (non-hydrogen) atoms. The Bertz CT molecular complexity index is 891. The SMILES string of the molecule is COc1ccccc1Nc1nccc(Nc2ccc(N3CCCC3)cc2)n1. The third-order valence-electron chi connectivity index (χ3n) is 4.62. The van der Waals surface area contributed by atoms with E-state index in [0.29, 0.717) is 5.95 Å². The van der Waals surface area contributed by atoms with Gasteiger partial charge in [-0.1, -0.05) is 12.1 Å². The zero-order valence-corrected chi connectivity index (χ0v) is 15.4. The van der Waals surface area contributed by atoms with Gasteiger partial charge in [-0.15, -0.1) is 0 Å². The molecule has 0 bridgehead atoms. The van der Waals surface area contributed by atoms with E-state index >= 15 is 0 Å². The van der Waals surface area contributed by atoms with Crippen LogP contribution in [0.4, 0.5) is 28.8 Å². The number of hydrogen-bond acceptors (Lipinski definition) is 6. The molecule has 1 saturated heterocycles. The first-order valence-electron chi connectivity index (χ1n) is 9.17. The van der Waals surface area contributed by atoms with Crippen LogP contribution in [0.3, 0.4) is 0 Å². The number of methoxy groups -OCH3 is 1. The van der Waals surface area contributed by atoms with E-state index in [1.54, 1.807) is 13.3 Å². The Morgan fingerprint density at radius 2 is 1.70 bits per heavy atom. The van der Waals surface area contributed by atoms with Crippen LogP contribution in [0.2, 0.25) is 0 Å². The summed E-state index contributed by atoms with van der Waals surface area (Å²) in [6.45, 7) is 2.30. The Kier molecular flexibility index (Phi) is 5.05. The van der Waals surface area contributed by atoms with Crippen LogP contribution in [0.15, 0.2) is 60.8 Å². The minimum Gasteiger partial charge on any atom is -0.495 e. The second kappa shape index (κ2) is 7.95. The smallest absolute Gasteiger partial charge is 0.229 e. The van der Waals surface area contributed by atoms with Gasteiger partial charge in [-0.3, -0.25) is 0 Å². The molecule has 4 rings (SSSR count). The Hall–Kier alpha value is -3.28. The first kappa shape index (κ1) is 17.1. The number of para-hydroxylation sites is 2. The lowest BCUT2D eigenvalue weighted by atomic mass is 10.2. The molecule has 0 spiro atoms. The van der Waals surface area contributed by atoms with Gasteiger partial charge in [0.15, 0.2) is 0 Å². The lowest BCUT2D eigenvalue weighted by Crippen LogP contribution is -2.17. The summed E-state index contributed by atoms with van der Waals surface area (Å²) >= 11 is 0. The summed E-state index contributed by atoms with van der Waals surface area (Å²) in [4.78, 5) is 11.3. The van der Waals surface area contributed by atoms with Gasteiger partial charge < -0.3 is 20.3 Å². The molecule has 138 valence electrons. The maximum absolute atomic E-state index is 5.36. The normalized spacial score (nSPS) is 13.4. The molecule has 3 aromatic rings. The molecule has 2 N–H and O–H groups in total. The molecule has 1 fully saturated rings. The van der Waals surface area contributed by atoms with Gasteiger partial charge in [0, 0.05) is 30.7 Å². The fourth-order valence-electron chi connectivity index (χ4n) is 3.24. The Balaban J connectivity index is 1.46. The van der Waals surface area contributed by atoms with Gasteiger partial charge in [-0.05, 0) is 55.3 Å². The molecule has 2 aromatic carbocycles. The van der Waals surface area contributed by atoms with Crippen LogP contribution < -0.4 is 20.3 Å². The minimum absolute atomic E-state index is 0.512. The van der Waals surface area contributed by atoms with E-state index in [4.69, 9.17) is 4.74 Å². The van der Waals surface area contributed by atoms with Crippen molar-refractivity contribution in [2.75, 3.05) is 35.7 Å². The van der Waals surface area contributed by atoms with Crippen molar-refractivity contribution in [3.8, 4) is 5.75 Å². The van der Waals surface area contributed by atoms with Gasteiger partial charge in [0.25, 0.3) is 0 Å². The predicted molar refractivity (Wildman–Crippen MR) is 109 cm³/mol. The summed E-state index contributed by atoms with van der Waals surface area (Å²) in [7, 11) is 1.64. The first-order valence-corrected chi connectivity index (χ1v) is 9.17. The summed E-state index contributed by atoms with van der Waals surface area (Å²) < 4.78 is 5.36. The molecule has 0 radical (unpaired) electrons. The van der Waals surface area contributed by atoms with Gasteiger partial charge in [0.1, 0.15) is 11.6 Å². The molecule has 0 aliphatic carbocycles. The highest BCUT2D eigenvalue weighted by Gasteiger charge is 2.12. The number of benzene rings is 2. The average Bonchev–Trinajstić information content (AvgIpc) is 3.24. The molecule has 6 heteroatoms. The number of rotatable bonds is 6. The third-order valence-corrected chi connectivity index (χ3v) is 4.62. The molecule has 6 nitrogen and oxygen atoms in total. The third kappa shape index (κ3) is 4.11. The second-order valence-electron chi connectivity index (χ2n) is 6.46. The molecule has 1 aliphatic heterocycles. The van der Waals surface area contributed by atoms with Gasteiger partial charge in [0.2, 0.25) is 5.95 Å². The van der Waals surface area contributed by atoms with E-state index in [1.807, 2.05) is 30.3 Å². The van der Waals surface area contributed by atoms with E-state index in [9.17, 15) is 0 Å². The van der Waals surface area contributed by atoms with Crippen molar-refractivity contribution in [1.82, 2.24) is 9.97 Å². The zero-order valence-electron chi connectivity index (χ0n) is 15.4. The highest BCUT2D eigenvalue weighted by atomic mass is 16.5. The van der Waals surface area contributed by atoms with Crippen LogP contribution in [0, 0.1) is 0 Å². The maximum atomic E-state index is 5.36. The fraction of sp³-hybridized carbons (Fsp3) is 0.238. The van der Waals surface area contributed by atoms with Gasteiger partial charge >= 0.3 is 0 Å². The van der Waals surface area contributed by atoms with Crippen LogP contribution in [0.5, 0.6) is 5.75 Å². The van der Waals surface area contributed by atoms with Crippen molar-refractivity contribution < 1.29 is 4.74 Å². The second-order valence-corrected chi connectivity index (χ2v) is 6.46. The average molecular weight is 361 g/mol. The van der Waals surface area contributed by atoms with Gasteiger partial charge in [-0.2, -0.15) is 4.98 Å². The van der Waals surface area contributed by atoms with Crippen LogP contribution >= 0.6 is 0 Å². The number of nitrogens with one attached hydrogen (secondary N) is 2. The van der Waals surface area contributed by atoms with E-state index in [-0.39, 0.29) is 0 Å². The summed E-state index contributed by atoms with van der Waals surface area (Å²) in [5.41, 5.74) is 3.10. The summed E-state index contributed by atoms with van der Waals surface area (Å²) in [5.74, 6) is 1.99. The van der Waals surface area contributed by atoms with Crippen molar-refractivity contribution in [1.29, 1.82) is 0 Å². The molecular weight excluding hydrogens is 338 g/mol. The highest BCUT2D eigenvalue weighted by molar-refractivity contribution is 5.65. The molecular formula is C21H23N5O. The van der Waals surface area contributed by atoms with Crippen molar-refractivity contribution in [2.24, 2.45) is 0 Å². The predicted octanol–water partition coefficient (Wildman–Crippen LogP) is 4.57. The van der Waals surface area contributed by atoms with Crippen molar-refractivity contribution >= 4 is 28.8 Å². The molecule has 1 aliphatic rings. The molecule has 2 heterocycles. The number of ether oxygens (including phenoxy) is 1. The minimum atomic E-state index is 0.512. The highest BCUT2D eigenvalue weighted by Crippen LogP contribution is 2.27. The monoisotopic (exact) mass is 361 g/mol. The number of aromatic nitrogens is 2. The first-order chi connectivity index (χ1) is 13.3. The molecule has 0 saturated carbocycles. The molecule has 1 aromatic heterocycles. The Morgan fingerprint density at radius 3 is 2.48 bits per heavy atom. The van der Waals surface area contributed by atoms with Gasteiger partial charge in [0.05, 0.1) is 12.8 Å². The topological polar surface area (TPSA) is 62.3 Å². The Morgan fingerprint density at radius 1 is 0.926 bits per heavy atom. The quantitative estimate of drug-likeness (QED) is 0.670. The van der Waals surface area contributed by atoms with E-state index in [2.05, 4.69) is 49.8 Å². The summed E-state index contributed by atoms with van der Waals surface area (Å²) in [6, 6.07) is 18.0. The standard InChI is InChI=1S/C21H23N5O/c1-27-19-7-3-2-6-18(19)24-21-22-13-12-20(25-21)23-16-8-10-17(11-9-16)26-14-4-5-15-26/h2-3,6-13H,4-5,14-15H2,1H3,(H2,22,23,24,25). The lowest BCUT2D eigenvalue weighted by Gasteiger charge is -2.18. The maximum Gasteiger partial charge on any atom is 0.229 e.